The Hall–Kier alpha value is -5.22. The third-order valence-corrected chi connectivity index (χ3v) is 10.3. The molecule has 47 heavy (non-hydrogen) atoms. The van der Waals surface area contributed by atoms with Gasteiger partial charge in [0.05, 0.1) is 12.2 Å². The molecule has 0 unspecified atom stereocenters. The number of nitrogens with zero attached hydrogens (tertiary/aromatic N) is 4. The highest BCUT2D eigenvalue weighted by Crippen LogP contribution is 2.41. The predicted molar refractivity (Wildman–Crippen MR) is 199 cm³/mol. The van der Waals surface area contributed by atoms with Crippen LogP contribution in [0.5, 0.6) is 5.75 Å². The van der Waals surface area contributed by atoms with E-state index in [-0.39, 0.29) is 5.57 Å². The minimum absolute atomic E-state index is 0.112. The van der Waals surface area contributed by atoms with Gasteiger partial charge in [0.2, 0.25) is 0 Å². The van der Waals surface area contributed by atoms with E-state index in [4.69, 9.17) is 16.2 Å². The zero-order valence-electron chi connectivity index (χ0n) is 26.9. The van der Waals surface area contributed by atoms with Crippen LogP contribution in [0.15, 0.2) is 96.6 Å². The van der Waals surface area contributed by atoms with Crippen molar-refractivity contribution in [3.05, 3.63) is 106 Å². The Morgan fingerprint density at radius 1 is 0.681 bits per heavy atom. The molecule has 0 amide bonds. The second-order valence-corrected chi connectivity index (χ2v) is 13.0. The van der Waals surface area contributed by atoms with E-state index in [9.17, 15) is 10.5 Å². The van der Waals surface area contributed by atoms with E-state index < -0.39 is 0 Å². The van der Waals surface area contributed by atoms with Gasteiger partial charge in [-0.05, 0) is 98.6 Å². The summed E-state index contributed by atoms with van der Waals surface area (Å²) in [5, 5.41) is 19.8. The lowest BCUT2D eigenvalue weighted by Crippen LogP contribution is -2.28. The molecule has 0 spiro atoms. The maximum absolute atomic E-state index is 9.90. The fourth-order valence-electron chi connectivity index (χ4n) is 5.46. The summed E-state index contributed by atoms with van der Waals surface area (Å²) in [5.74, 6) is 0.631. The molecule has 0 fully saturated rings. The topological polar surface area (TPSA) is 115 Å². The number of rotatable bonds is 13. The van der Waals surface area contributed by atoms with Crippen LogP contribution >= 0.6 is 22.7 Å². The van der Waals surface area contributed by atoms with Crippen molar-refractivity contribution in [1.29, 1.82) is 10.5 Å². The average Bonchev–Trinajstić information content (AvgIpc) is 3.78. The molecule has 7 nitrogen and oxygen atoms in total. The number of nitrogens with two attached hydrogens (primary N) is 2. The van der Waals surface area contributed by atoms with Gasteiger partial charge in [-0.1, -0.05) is 24.3 Å². The summed E-state index contributed by atoms with van der Waals surface area (Å²) < 4.78 is 5.91. The third kappa shape index (κ3) is 7.61. The smallest absolute Gasteiger partial charge is 0.142 e. The van der Waals surface area contributed by atoms with Crippen LogP contribution in [0.4, 0.5) is 22.7 Å². The van der Waals surface area contributed by atoms with Crippen LogP contribution < -0.4 is 26.0 Å². The number of nitrogen functional groups attached to an aromatic ring is 2. The van der Waals surface area contributed by atoms with Gasteiger partial charge in [-0.3, -0.25) is 0 Å². The van der Waals surface area contributed by atoms with E-state index in [1.54, 1.807) is 40.9 Å². The molecule has 0 atom stereocenters. The lowest BCUT2D eigenvalue weighted by atomic mass is 10.1. The Morgan fingerprint density at radius 2 is 1.19 bits per heavy atom. The first-order valence-electron chi connectivity index (χ1n) is 15.6. The molecule has 2 heterocycles. The van der Waals surface area contributed by atoms with Gasteiger partial charge >= 0.3 is 0 Å². The molecule has 0 aliphatic heterocycles. The largest absolute Gasteiger partial charge is 0.490 e. The van der Waals surface area contributed by atoms with Gasteiger partial charge in [-0.15, -0.1) is 22.7 Å². The number of benzene rings is 3. The van der Waals surface area contributed by atoms with Gasteiger partial charge < -0.3 is 26.0 Å². The van der Waals surface area contributed by atoms with Crippen molar-refractivity contribution >= 4 is 51.0 Å². The highest BCUT2D eigenvalue weighted by Gasteiger charge is 2.18. The van der Waals surface area contributed by atoms with E-state index in [2.05, 4.69) is 103 Å². The molecule has 0 aliphatic carbocycles. The van der Waals surface area contributed by atoms with Gasteiger partial charge in [0.25, 0.3) is 0 Å². The maximum atomic E-state index is 9.90. The second-order valence-electron chi connectivity index (χ2n) is 10.8. The van der Waals surface area contributed by atoms with Crippen molar-refractivity contribution < 1.29 is 4.74 Å². The van der Waals surface area contributed by atoms with Crippen molar-refractivity contribution in [3.8, 4) is 38.8 Å². The summed E-state index contributed by atoms with van der Waals surface area (Å²) in [6.45, 7) is 10.4. The fourth-order valence-corrected chi connectivity index (χ4v) is 7.67. The van der Waals surface area contributed by atoms with Crippen LogP contribution in [0, 0.1) is 22.7 Å². The quantitative estimate of drug-likeness (QED) is 0.0959. The molecule has 9 heteroatoms. The lowest BCUT2D eigenvalue weighted by molar-refractivity contribution is 0.326. The summed E-state index contributed by atoms with van der Waals surface area (Å²) in [6, 6.07) is 34.7. The highest BCUT2D eigenvalue weighted by atomic mass is 32.1. The third-order valence-electron chi connectivity index (χ3n) is 8.01. The summed E-state index contributed by atoms with van der Waals surface area (Å²) in [7, 11) is 0. The molecule has 0 saturated carbocycles. The molecule has 0 bridgehead atoms. The Balaban J connectivity index is 1.32. The van der Waals surface area contributed by atoms with Crippen LogP contribution in [0.1, 0.15) is 30.5 Å². The number of hydrogen-bond acceptors (Lipinski definition) is 9. The predicted octanol–water partition coefficient (Wildman–Crippen LogP) is 8.91. The SMILES string of the molecule is CCN(CC)c1ccc(-c2ccc(C(=C(C#N)C#N)c3ccc(-c4ccc(N(CC)CCOc5ccc(N)cc5N)cc4)s3)s2)cc1. The Morgan fingerprint density at radius 3 is 1.66 bits per heavy atom. The van der Waals surface area contributed by atoms with E-state index in [0.29, 0.717) is 35.8 Å². The number of likely N-dealkylation sites (N-methyl/N-ethyl adjacent to an activating group) is 1. The lowest BCUT2D eigenvalue weighted by Gasteiger charge is -2.23. The molecular weight excluding hydrogens is 621 g/mol. The van der Waals surface area contributed by atoms with Crippen LogP contribution in [-0.4, -0.2) is 32.8 Å². The monoisotopic (exact) mass is 658 g/mol. The molecule has 2 aromatic heterocycles. The van der Waals surface area contributed by atoms with Crippen LogP contribution in [0.3, 0.4) is 0 Å². The minimum Gasteiger partial charge on any atom is -0.490 e. The number of ether oxygens (including phenoxy) is 1. The van der Waals surface area contributed by atoms with Gasteiger partial charge in [-0.25, -0.2) is 0 Å². The first-order valence-corrected chi connectivity index (χ1v) is 17.3. The number of nitriles is 2. The van der Waals surface area contributed by atoms with E-state index in [1.165, 1.54) is 5.69 Å². The Labute approximate surface area is 285 Å². The first kappa shape index (κ1) is 33.2. The molecule has 4 N–H and O–H groups in total. The molecular formula is C38H38N6OS2. The van der Waals surface area contributed by atoms with Crippen molar-refractivity contribution in [1.82, 2.24) is 0 Å². The Bertz CT molecular complexity index is 1910. The van der Waals surface area contributed by atoms with E-state index in [0.717, 1.165) is 56.0 Å². The summed E-state index contributed by atoms with van der Waals surface area (Å²) in [4.78, 5) is 8.50. The number of anilines is 4. The van der Waals surface area contributed by atoms with Gasteiger partial charge in [0.1, 0.15) is 30.1 Å². The minimum atomic E-state index is 0.112. The molecule has 5 rings (SSSR count). The molecule has 5 aromatic rings. The zero-order valence-corrected chi connectivity index (χ0v) is 28.5. The standard InChI is InChI=1S/C38H38N6OS2/c1-4-43(5-2)30-12-7-26(8-13-30)34-17-19-36(46-34)38(28(24-39)25-40)37-20-18-35(47-37)27-9-14-31(15-10-27)44(6-3)21-22-45-33-16-11-29(41)23-32(33)42/h7-20,23H,4-6,21-22,41-42H2,1-3H3. The zero-order chi connectivity index (χ0) is 33.3. The van der Waals surface area contributed by atoms with Gasteiger partial charge in [-0.2, -0.15) is 10.5 Å². The van der Waals surface area contributed by atoms with Gasteiger partial charge in [0.15, 0.2) is 0 Å². The van der Waals surface area contributed by atoms with Crippen LogP contribution in [-0.2, 0) is 0 Å². The van der Waals surface area contributed by atoms with E-state index >= 15 is 0 Å². The van der Waals surface area contributed by atoms with Crippen molar-refractivity contribution in [2.24, 2.45) is 0 Å². The Kier molecular flexibility index (Phi) is 10.8. The fraction of sp³-hybridized carbons (Fsp3) is 0.211. The van der Waals surface area contributed by atoms with Crippen LogP contribution in [0.2, 0.25) is 0 Å². The summed E-state index contributed by atoms with van der Waals surface area (Å²) >= 11 is 3.18. The number of hydrogen-bond donors (Lipinski definition) is 2. The summed E-state index contributed by atoms with van der Waals surface area (Å²) in [5.41, 5.74) is 18.2. The van der Waals surface area contributed by atoms with Crippen molar-refractivity contribution in [2.75, 3.05) is 54.1 Å². The summed E-state index contributed by atoms with van der Waals surface area (Å²) in [6.07, 6.45) is 0. The maximum Gasteiger partial charge on any atom is 0.142 e. The average molecular weight is 659 g/mol. The first-order chi connectivity index (χ1) is 22.9. The molecule has 238 valence electrons. The van der Waals surface area contributed by atoms with Gasteiger partial charge in [0, 0.05) is 61.8 Å². The molecule has 0 aliphatic rings. The highest BCUT2D eigenvalue weighted by molar-refractivity contribution is 7.19. The van der Waals surface area contributed by atoms with E-state index in [1.807, 2.05) is 12.1 Å². The number of thiophene rings is 2. The normalized spacial score (nSPS) is 10.6. The van der Waals surface area contributed by atoms with Crippen LogP contribution in [0.25, 0.3) is 26.5 Å². The van der Waals surface area contributed by atoms with Crippen molar-refractivity contribution in [2.45, 2.75) is 20.8 Å². The molecule has 0 saturated heterocycles. The molecule has 3 aromatic carbocycles. The second kappa shape index (κ2) is 15.4. The van der Waals surface area contributed by atoms with Crippen molar-refractivity contribution in [3.63, 3.8) is 0 Å². The number of allylic oxidation sites excluding steroid dienone is 1. The molecule has 0 radical (unpaired) electrons.